The van der Waals surface area contributed by atoms with E-state index in [1.165, 1.54) is 11.1 Å². The number of carbonyl (C=O) groups is 2. The summed E-state index contributed by atoms with van der Waals surface area (Å²) in [5, 5.41) is 0. The lowest BCUT2D eigenvalue weighted by atomic mass is 9.55. The second-order valence-electron chi connectivity index (χ2n) is 14.3. The van der Waals surface area contributed by atoms with Crippen molar-refractivity contribution in [2.24, 2.45) is 0 Å². The van der Waals surface area contributed by atoms with Crippen molar-refractivity contribution in [3.63, 3.8) is 0 Å². The van der Waals surface area contributed by atoms with Gasteiger partial charge in [0.15, 0.2) is 0 Å². The molecule has 10 nitrogen and oxygen atoms in total. The number of piperidine rings is 2. The fourth-order valence-electron chi connectivity index (χ4n) is 9.68. The molecular formula is C36H42N2O8. The first-order chi connectivity index (χ1) is 22.1. The molecule has 0 amide bonds. The summed E-state index contributed by atoms with van der Waals surface area (Å²) in [6.45, 7) is 7.92. The standard InChI is InChI=1S/C36H42N2O8/c1-33-29-15-23-5-7-25(17-27(23)35(33,11-13-37(29)3)19-41-21-43-33)45-31(39)9-10-32(40)46-26-8-6-24-16-30-34(2)36(28(24)18-26,12-14-38(30)4)20-42-22-44-34/h5-10,17-18,29-30H,11-16,19-22H2,1-4H3/b10-9+/t29-,30-,33+,34+,35-,36-/m1/s1. The molecule has 0 spiro atoms. The molecule has 6 aliphatic rings. The van der Waals surface area contributed by atoms with Crippen molar-refractivity contribution in [2.75, 3.05) is 54.0 Å². The number of rotatable bonds is 4. The van der Waals surface area contributed by atoms with Gasteiger partial charge in [0.25, 0.3) is 0 Å². The minimum Gasteiger partial charge on any atom is -0.423 e. The summed E-state index contributed by atoms with van der Waals surface area (Å²) in [5.74, 6) is -0.461. The van der Waals surface area contributed by atoms with Gasteiger partial charge < -0.3 is 38.2 Å². The lowest BCUT2D eigenvalue weighted by Crippen LogP contribution is -2.73. The molecule has 10 heteroatoms. The van der Waals surface area contributed by atoms with Crippen molar-refractivity contribution >= 4 is 11.9 Å². The number of likely N-dealkylation sites (tertiary alicyclic amines) is 2. The first-order valence-corrected chi connectivity index (χ1v) is 16.3. The van der Waals surface area contributed by atoms with Crippen LogP contribution in [0.25, 0.3) is 0 Å². The molecular weight excluding hydrogens is 588 g/mol. The van der Waals surface area contributed by atoms with Crippen LogP contribution in [0.1, 0.15) is 48.9 Å². The highest BCUT2D eigenvalue weighted by Crippen LogP contribution is 2.56. The van der Waals surface area contributed by atoms with Gasteiger partial charge in [0.05, 0.1) is 35.2 Å². The number of fused-ring (bicyclic) bond motifs is 2. The van der Waals surface area contributed by atoms with E-state index in [-0.39, 0.29) is 36.5 Å². The summed E-state index contributed by atoms with van der Waals surface area (Å²) in [6.07, 6.45) is 5.69. The first kappa shape index (κ1) is 30.2. The molecule has 0 saturated carbocycles. The van der Waals surface area contributed by atoms with Gasteiger partial charge in [0.2, 0.25) is 0 Å². The minimum absolute atomic E-state index is 0.241. The molecule has 4 heterocycles. The van der Waals surface area contributed by atoms with Crippen molar-refractivity contribution in [2.45, 2.75) is 73.6 Å². The number of carbonyl (C=O) groups excluding carboxylic acids is 2. The van der Waals surface area contributed by atoms with Crippen LogP contribution in [0.3, 0.4) is 0 Å². The number of nitrogens with zero attached hydrogens (tertiary/aromatic N) is 2. The highest BCUT2D eigenvalue weighted by Gasteiger charge is 2.64. The molecule has 0 N–H and O–H groups in total. The lowest BCUT2D eigenvalue weighted by Gasteiger charge is -2.63. The van der Waals surface area contributed by atoms with Crippen LogP contribution in [0.5, 0.6) is 11.5 Å². The van der Waals surface area contributed by atoms with Crippen LogP contribution in [0.2, 0.25) is 0 Å². The average Bonchev–Trinajstić information content (AvgIpc) is 3.04. The van der Waals surface area contributed by atoms with Crippen molar-refractivity contribution in [1.82, 2.24) is 9.80 Å². The summed E-state index contributed by atoms with van der Waals surface area (Å²) in [6, 6.07) is 12.1. The Morgan fingerprint density at radius 2 is 1.17 bits per heavy atom. The molecule has 0 unspecified atom stereocenters. The summed E-state index contributed by atoms with van der Waals surface area (Å²) >= 11 is 0. The van der Waals surface area contributed by atoms with E-state index in [4.69, 9.17) is 28.4 Å². The second kappa shape index (κ2) is 10.7. The van der Waals surface area contributed by atoms with Gasteiger partial charge in [-0.25, -0.2) is 9.59 Å². The van der Waals surface area contributed by atoms with Crippen molar-refractivity contribution in [3.8, 4) is 11.5 Å². The largest absolute Gasteiger partial charge is 0.423 e. The Morgan fingerprint density at radius 1 is 0.739 bits per heavy atom. The van der Waals surface area contributed by atoms with Crippen molar-refractivity contribution in [1.29, 1.82) is 0 Å². The molecule has 8 rings (SSSR count). The van der Waals surface area contributed by atoms with Gasteiger partial charge in [-0.3, -0.25) is 0 Å². The van der Waals surface area contributed by atoms with E-state index in [2.05, 4.69) is 37.7 Å². The number of likely N-dealkylation sites (N-methyl/N-ethyl adjacent to an activating group) is 2. The molecule has 0 aromatic heterocycles. The molecule has 4 bridgehead atoms. The van der Waals surface area contributed by atoms with E-state index < -0.39 is 23.1 Å². The van der Waals surface area contributed by atoms with E-state index in [9.17, 15) is 9.59 Å². The van der Waals surface area contributed by atoms with E-state index in [1.54, 1.807) is 0 Å². The predicted molar refractivity (Wildman–Crippen MR) is 167 cm³/mol. The number of ether oxygens (including phenoxy) is 6. The van der Waals surface area contributed by atoms with Gasteiger partial charge in [-0.05, 0) is 113 Å². The molecule has 6 atom stereocenters. The molecule has 4 fully saturated rings. The van der Waals surface area contributed by atoms with Gasteiger partial charge in [-0.2, -0.15) is 0 Å². The molecule has 244 valence electrons. The summed E-state index contributed by atoms with van der Waals surface area (Å²) in [7, 11) is 4.31. The Labute approximate surface area is 269 Å². The Kier molecular flexibility index (Phi) is 7.03. The zero-order valence-corrected chi connectivity index (χ0v) is 27.0. The van der Waals surface area contributed by atoms with Gasteiger partial charge in [-0.15, -0.1) is 0 Å². The van der Waals surface area contributed by atoms with Gasteiger partial charge >= 0.3 is 11.9 Å². The second-order valence-corrected chi connectivity index (χ2v) is 14.3. The van der Waals surface area contributed by atoms with Crippen LogP contribution in [-0.2, 0) is 52.2 Å². The third kappa shape index (κ3) is 4.24. The SMILES string of the molecule is CN1CC[C@]23COCO[C@@]2(C)[C@H]1Cc1ccc(OC(=O)/C=C/C(=O)Oc2ccc4c(c2)[C@]25CCN(C)[C@H](C4)[C@]2(C)OCOC5)cc13. The Hall–Kier alpha value is -3.12. The van der Waals surface area contributed by atoms with Gasteiger partial charge in [0, 0.05) is 24.2 Å². The third-order valence-electron chi connectivity index (χ3n) is 12.4. The maximum atomic E-state index is 12.9. The zero-order valence-electron chi connectivity index (χ0n) is 27.0. The van der Waals surface area contributed by atoms with Gasteiger partial charge in [-0.1, -0.05) is 12.1 Å². The quantitative estimate of drug-likeness (QED) is 0.285. The van der Waals surface area contributed by atoms with E-state index >= 15 is 0 Å². The summed E-state index contributed by atoms with van der Waals surface area (Å²) in [5.41, 5.74) is 3.20. The smallest absolute Gasteiger partial charge is 0.336 e. The molecule has 0 radical (unpaired) electrons. The van der Waals surface area contributed by atoms with Crippen LogP contribution >= 0.6 is 0 Å². The fourth-order valence-corrected chi connectivity index (χ4v) is 9.68. The van der Waals surface area contributed by atoms with E-state index in [0.717, 1.165) is 62.1 Å². The van der Waals surface area contributed by atoms with Crippen LogP contribution in [0, 0.1) is 0 Å². The summed E-state index contributed by atoms with van der Waals surface area (Å²) in [4.78, 5) is 30.5. The number of hydrogen-bond donors (Lipinski definition) is 0. The van der Waals surface area contributed by atoms with Gasteiger partial charge in [0.1, 0.15) is 25.1 Å². The molecule has 4 saturated heterocycles. The number of benzene rings is 2. The lowest BCUT2D eigenvalue weighted by molar-refractivity contribution is -0.272. The van der Waals surface area contributed by atoms with Crippen LogP contribution in [0.15, 0.2) is 48.6 Å². The Balaban J connectivity index is 0.978. The topological polar surface area (TPSA) is 96.0 Å². The van der Waals surface area contributed by atoms with Crippen LogP contribution < -0.4 is 9.47 Å². The third-order valence-corrected chi connectivity index (χ3v) is 12.4. The fraction of sp³-hybridized carbons (Fsp3) is 0.556. The average molecular weight is 631 g/mol. The van der Waals surface area contributed by atoms with Crippen LogP contribution in [-0.4, -0.2) is 99.0 Å². The minimum atomic E-state index is -0.653. The molecule has 2 aromatic carbocycles. The van der Waals surface area contributed by atoms with Crippen molar-refractivity contribution in [3.05, 3.63) is 70.8 Å². The Bertz CT molecular complexity index is 1510. The highest BCUT2D eigenvalue weighted by molar-refractivity contribution is 5.93. The van der Waals surface area contributed by atoms with Crippen molar-refractivity contribution < 1.29 is 38.0 Å². The molecule has 2 aromatic rings. The first-order valence-electron chi connectivity index (χ1n) is 16.3. The highest BCUT2D eigenvalue weighted by atomic mass is 16.7. The molecule has 46 heavy (non-hydrogen) atoms. The van der Waals surface area contributed by atoms with E-state index in [0.29, 0.717) is 24.7 Å². The zero-order chi connectivity index (χ0) is 31.9. The monoisotopic (exact) mass is 630 g/mol. The maximum Gasteiger partial charge on any atom is 0.336 e. The maximum absolute atomic E-state index is 12.9. The number of hydrogen-bond acceptors (Lipinski definition) is 10. The predicted octanol–water partition coefficient (Wildman–Crippen LogP) is 3.28. The summed E-state index contributed by atoms with van der Waals surface area (Å²) < 4.78 is 35.8. The van der Waals surface area contributed by atoms with E-state index in [1.807, 2.05) is 36.4 Å². The molecule has 2 aliphatic carbocycles. The Morgan fingerprint density at radius 3 is 1.61 bits per heavy atom. The normalized spacial score (nSPS) is 36.6. The van der Waals surface area contributed by atoms with Crippen LogP contribution in [0.4, 0.5) is 0 Å². The number of esters is 2. The molecule has 4 aliphatic heterocycles.